The fourth-order valence-electron chi connectivity index (χ4n) is 0.946. The number of benzene rings is 1. The third kappa shape index (κ3) is 3.16. The van der Waals surface area contributed by atoms with Crippen molar-refractivity contribution < 1.29 is 22.4 Å². The Morgan fingerprint density at radius 3 is 2.43 bits per heavy atom. The summed E-state index contributed by atoms with van der Waals surface area (Å²) in [6.45, 7) is 0. The SMILES string of the molecule is O=C(CC(F)(F)F)c1cccc(F)c1. The van der Waals surface area contributed by atoms with E-state index < -0.39 is 24.2 Å². The molecule has 0 aliphatic rings. The molecule has 0 bridgehead atoms. The number of carbonyl (C=O) groups excluding carboxylic acids is 1. The van der Waals surface area contributed by atoms with Gasteiger partial charge in [-0.25, -0.2) is 4.39 Å². The van der Waals surface area contributed by atoms with Crippen molar-refractivity contribution in [3.8, 4) is 0 Å². The van der Waals surface area contributed by atoms with Gasteiger partial charge in [-0.2, -0.15) is 13.2 Å². The van der Waals surface area contributed by atoms with Gasteiger partial charge in [-0.1, -0.05) is 12.1 Å². The molecule has 0 atom stereocenters. The minimum atomic E-state index is -4.55. The van der Waals surface area contributed by atoms with Crippen LogP contribution in [-0.2, 0) is 0 Å². The van der Waals surface area contributed by atoms with Crippen molar-refractivity contribution in [1.82, 2.24) is 0 Å². The van der Waals surface area contributed by atoms with Crippen molar-refractivity contribution in [1.29, 1.82) is 0 Å². The molecule has 0 aromatic heterocycles. The molecule has 0 heterocycles. The molecule has 0 unspecified atom stereocenters. The van der Waals surface area contributed by atoms with Gasteiger partial charge in [0.1, 0.15) is 12.2 Å². The van der Waals surface area contributed by atoms with Gasteiger partial charge in [0, 0.05) is 5.56 Å². The van der Waals surface area contributed by atoms with Gasteiger partial charge in [0.15, 0.2) is 5.78 Å². The lowest BCUT2D eigenvalue weighted by Gasteiger charge is -2.04. The monoisotopic (exact) mass is 206 g/mol. The van der Waals surface area contributed by atoms with E-state index in [1.54, 1.807) is 0 Å². The lowest BCUT2D eigenvalue weighted by atomic mass is 10.1. The molecule has 0 aliphatic carbocycles. The van der Waals surface area contributed by atoms with E-state index in [9.17, 15) is 22.4 Å². The molecule has 0 aliphatic heterocycles. The number of hydrogen-bond acceptors (Lipinski definition) is 1. The minimum Gasteiger partial charge on any atom is -0.294 e. The van der Waals surface area contributed by atoms with Crippen LogP contribution >= 0.6 is 0 Å². The van der Waals surface area contributed by atoms with Gasteiger partial charge in [0.05, 0.1) is 0 Å². The fraction of sp³-hybridized carbons (Fsp3) is 0.222. The average molecular weight is 206 g/mol. The summed E-state index contributed by atoms with van der Waals surface area (Å²) in [4.78, 5) is 10.9. The van der Waals surface area contributed by atoms with Gasteiger partial charge in [-0.05, 0) is 12.1 Å². The molecule has 0 spiro atoms. The van der Waals surface area contributed by atoms with Crippen LogP contribution in [0.5, 0.6) is 0 Å². The highest BCUT2D eigenvalue weighted by atomic mass is 19.4. The van der Waals surface area contributed by atoms with Crippen molar-refractivity contribution in [2.75, 3.05) is 0 Å². The second-order valence-corrected chi connectivity index (χ2v) is 2.73. The first-order chi connectivity index (χ1) is 6.38. The van der Waals surface area contributed by atoms with Crippen LogP contribution in [0.4, 0.5) is 17.6 Å². The third-order valence-corrected chi connectivity index (χ3v) is 1.51. The molecule has 0 amide bonds. The first-order valence-corrected chi connectivity index (χ1v) is 3.74. The van der Waals surface area contributed by atoms with Crippen molar-refractivity contribution in [3.05, 3.63) is 35.6 Å². The summed E-state index contributed by atoms with van der Waals surface area (Å²) in [5.74, 6) is -1.85. The average Bonchev–Trinajstić information content (AvgIpc) is 2.01. The maximum atomic E-state index is 12.5. The standard InChI is InChI=1S/C9H6F4O/c10-7-3-1-2-6(4-7)8(14)5-9(11,12)13/h1-4H,5H2. The van der Waals surface area contributed by atoms with Gasteiger partial charge < -0.3 is 0 Å². The number of halogens is 4. The molecule has 0 radical (unpaired) electrons. The van der Waals surface area contributed by atoms with Crippen molar-refractivity contribution >= 4 is 5.78 Å². The zero-order valence-electron chi connectivity index (χ0n) is 6.94. The first kappa shape index (κ1) is 10.7. The van der Waals surface area contributed by atoms with Gasteiger partial charge >= 0.3 is 6.18 Å². The van der Waals surface area contributed by atoms with Crippen molar-refractivity contribution in [2.45, 2.75) is 12.6 Å². The summed E-state index contributed by atoms with van der Waals surface area (Å²) >= 11 is 0. The summed E-state index contributed by atoms with van der Waals surface area (Å²) in [6.07, 6.45) is -6.11. The second-order valence-electron chi connectivity index (χ2n) is 2.73. The van der Waals surface area contributed by atoms with E-state index in [-0.39, 0.29) is 5.56 Å². The number of ketones is 1. The Balaban J connectivity index is 2.80. The van der Waals surface area contributed by atoms with Crippen LogP contribution in [0.15, 0.2) is 24.3 Å². The molecule has 1 rings (SSSR count). The number of Topliss-reactive ketones (excluding diaryl/α,β-unsaturated/α-hetero) is 1. The highest BCUT2D eigenvalue weighted by molar-refractivity contribution is 5.96. The molecular weight excluding hydrogens is 200 g/mol. The predicted molar refractivity (Wildman–Crippen MR) is 41.4 cm³/mol. The number of rotatable bonds is 2. The molecule has 0 saturated heterocycles. The van der Waals surface area contributed by atoms with Crippen LogP contribution in [0.3, 0.4) is 0 Å². The molecule has 76 valence electrons. The topological polar surface area (TPSA) is 17.1 Å². The zero-order valence-corrected chi connectivity index (χ0v) is 6.94. The van der Waals surface area contributed by atoms with Gasteiger partial charge in [-0.3, -0.25) is 4.79 Å². The van der Waals surface area contributed by atoms with E-state index in [1.807, 2.05) is 0 Å². The highest BCUT2D eigenvalue weighted by Crippen LogP contribution is 2.22. The molecular formula is C9H6F4O. The maximum absolute atomic E-state index is 12.5. The van der Waals surface area contributed by atoms with Crippen LogP contribution < -0.4 is 0 Å². The first-order valence-electron chi connectivity index (χ1n) is 3.74. The molecule has 1 nitrogen and oxygen atoms in total. The molecule has 14 heavy (non-hydrogen) atoms. The van der Waals surface area contributed by atoms with E-state index in [4.69, 9.17) is 0 Å². The summed E-state index contributed by atoms with van der Waals surface area (Å²) in [6, 6.07) is 4.19. The molecule has 1 aromatic carbocycles. The highest BCUT2D eigenvalue weighted by Gasteiger charge is 2.31. The zero-order chi connectivity index (χ0) is 10.8. The van der Waals surface area contributed by atoms with Crippen LogP contribution in [0.25, 0.3) is 0 Å². The lowest BCUT2D eigenvalue weighted by molar-refractivity contribution is -0.125. The van der Waals surface area contributed by atoms with Crippen molar-refractivity contribution in [2.24, 2.45) is 0 Å². The Morgan fingerprint density at radius 1 is 1.29 bits per heavy atom. The Labute approximate surface area is 77.3 Å². The minimum absolute atomic E-state index is 0.262. The van der Waals surface area contributed by atoms with E-state index in [2.05, 4.69) is 0 Å². The summed E-state index contributed by atoms with van der Waals surface area (Å²) < 4.78 is 47.9. The Bertz CT molecular complexity index is 343. The number of hydrogen-bond donors (Lipinski definition) is 0. The van der Waals surface area contributed by atoms with Crippen LogP contribution in [0.1, 0.15) is 16.8 Å². The number of carbonyl (C=O) groups is 1. The molecule has 0 saturated carbocycles. The van der Waals surface area contributed by atoms with Crippen molar-refractivity contribution in [3.63, 3.8) is 0 Å². The Kier molecular flexibility index (Phi) is 2.88. The predicted octanol–water partition coefficient (Wildman–Crippen LogP) is 2.96. The molecule has 5 heteroatoms. The maximum Gasteiger partial charge on any atom is 0.396 e. The van der Waals surface area contributed by atoms with E-state index in [0.717, 1.165) is 18.2 Å². The Morgan fingerprint density at radius 2 is 1.93 bits per heavy atom. The normalized spacial score (nSPS) is 11.4. The van der Waals surface area contributed by atoms with E-state index in [0.29, 0.717) is 0 Å². The molecule has 1 aromatic rings. The van der Waals surface area contributed by atoms with Gasteiger partial charge in [0.25, 0.3) is 0 Å². The summed E-state index contributed by atoms with van der Waals surface area (Å²) in [5.41, 5.74) is -0.262. The largest absolute Gasteiger partial charge is 0.396 e. The summed E-state index contributed by atoms with van der Waals surface area (Å²) in [7, 11) is 0. The third-order valence-electron chi connectivity index (χ3n) is 1.51. The quantitative estimate of drug-likeness (QED) is 0.537. The number of alkyl halides is 3. The van der Waals surface area contributed by atoms with Crippen LogP contribution in [0, 0.1) is 5.82 Å². The lowest BCUT2D eigenvalue weighted by Crippen LogP contribution is -2.15. The van der Waals surface area contributed by atoms with E-state index >= 15 is 0 Å². The van der Waals surface area contributed by atoms with Crippen LogP contribution in [-0.4, -0.2) is 12.0 Å². The van der Waals surface area contributed by atoms with E-state index in [1.165, 1.54) is 6.07 Å². The molecule has 0 fully saturated rings. The van der Waals surface area contributed by atoms with Gasteiger partial charge in [0.2, 0.25) is 0 Å². The fourth-order valence-corrected chi connectivity index (χ4v) is 0.946. The smallest absolute Gasteiger partial charge is 0.294 e. The summed E-state index contributed by atoms with van der Waals surface area (Å²) in [5, 5.41) is 0. The van der Waals surface area contributed by atoms with Gasteiger partial charge in [-0.15, -0.1) is 0 Å². The second kappa shape index (κ2) is 3.77. The van der Waals surface area contributed by atoms with Crippen LogP contribution in [0.2, 0.25) is 0 Å². The molecule has 0 N–H and O–H groups in total. The Hall–Kier alpha value is -1.39.